The number of rotatable bonds is 0. The van der Waals surface area contributed by atoms with Crippen molar-refractivity contribution in [3.05, 3.63) is 28.5 Å². The Morgan fingerprint density at radius 3 is 2.81 bits per heavy atom. The average molecular weight is 352 g/mol. The van der Waals surface area contributed by atoms with Crippen molar-refractivity contribution in [3.63, 3.8) is 0 Å². The molecule has 1 aromatic carbocycles. The fraction of sp³-hybridized carbons (Fsp3) is 0.467. The molecule has 5 nitrogen and oxygen atoms in total. The molecule has 0 aliphatic carbocycles. The second kappa shape index (κ2) is 5.02. The molecular formula is C15H18BrN3O2. The molecule has 6 heteroatoms. The Morgan fingerprint density at radius 2 is 2.10 bits per heavy atom. The highest BCUT2D eigenvalue weighted by Gasteiger charge is 2.27. The Morgan fingerprint density at radius 1 is 1.33 bits per heavy atom. The lowest BCUT2D eigenvalue weighted by atomic mass is 10.2. The first-order chi connectivity index (χ1) is 9.83. The van der Waals surface area contributed by atoms with Gasteiger partial charge in [-0.3, -0.25) is 4.90 Å². The van der Waals surface area contributed by atoms with Gasteiger partial charge in [0.05, 0.1) is 17.6 Å². The number of nitrogens with zero attached hydrogens (tertiary/aromatic N) is 3. The van der Waals surface area contributed by atoms with E-state index in [0.29, 0.717) is 13.1 Å². The molecule has 0 saturated heterocycles. The highest BCUT2D eigenvalue weighted by Crippen LogP contribution is 2.24. The van der Waals surface area contributed by atoms with Crippen LogP contribution in [0.15, 0.2) is 22.7 Å². The van der Waals surface area contributed by atoms with Crippen molar-refractivity contribution in [1.29, 1.82) is 0 Å². The molecule has 112 valence electrons. The van der Waals surface area contributed by atoms with E-state index in [1.54, 1.807) is 4.90 Å². The number of amides is 1. The summed E-state index contributed by atoms with van der Waals surface area (Å²) in [5.41, 5.74) is 1.59. The maximum Gasteiger partial charge on any atom is 0.410 e. The van der Waals surface area contributed by atoms with Crippen molar-refractivity contribution in [2.45, 2.75) is 39.5 Å². The Labute approximate surface area is 132 Å². The van der Waals surface area contributed by atoms with Crippen LogP contribution in [0.5, 0.6) is 0 Å². The van der Waals surface area contributed by atoms with Crippen molar-refractivity contribution in [1.82, 2.24) is 14.5 Å². The summed E-state index contributed by atoms with van der Waals surface area (Å²) in [7, 11) is 0. The minimum atomic E-state index is -0.473. The van der Waals surface area contributed by atoms with E-state index in [1.165, 1.54) is 0 Å². The standard InChI is InChI=1S/C15H18BrN3O2/c1-15(2,3)21-14(20)18-6-7-19-12-5-4-10(16)8-11(12)17-13(19)9-18/h4-5,8H,6-7,9H2,1-3H3. The molecule has 1 aliphatic heterocycles. The van der Waals surface area contributed by atoms with E-state index in [9.17, 15) is 4.79 Å². The summed E-state index contributed by atoms with van der Waals surface area (Å²) in [6, 6.07) is 6.06. The molecule has 0 atom stereocenters. The number of fused-ring (bicyclic) bond motifs is 3. The second-order valence-corrected chi connectivity index (χ2v) is 7.13. The molecule has 3 rings (SSSR count). The van der Waals surface area contributed by atoms with E-state index >= 15 is 0 Å². The lowest BCUT2D eigenvalue weighted by molar-refractivity contribution is 0.0197. The van der Waals surface area contributed by atoms with Crippen LogP contribution in [-0.2, 0) is 17.8 Å². The summed E-state index contributed by atoms with van der Waals surface area (Å²) in [5.74, 6) is 0.903. The number of imidazole rings is 1. The van der Waals surface area contributed by atoms with Gasteiger partial charge in [-0.15, -0.1) is 0 Å². The number of carbonyl (C=O) groups is 1. The molecule has 0 bridgehead atoms. The molecule has 0 saturated carbocycles. The monoisotopic (exact) mass is 351 g/mol. The van der Waals surface area contributed by atoms with Crippen LogP contribution >= 0.6 is 15.9 Å². The first-order valence-electron chi connectivity index (χ1n) is 6.96. The zero-order valence-corrected chi connectivity index (χ0v) is 14.0. The molecule has 0 N–H and O–H groups in total. The molecule has 0 unspecified atom stereocenters. The first-order valence-corrected chi connectivity index (χ1v) is 7.75. The largest absolute Gasteiger partial charge is 0.444 e. The molecule has 21 heavy (non-hydrogen) atoms. The number of carbonyl (C=O) groups excluding carboxylic acids is 1. The predicted octanol–water partition coefficient (Wildman–Crippen LogP) is 3.55. The van der Waals surface area contributed by atoms with Gasteiger partial charge in [-0.2, -0.15) is 0 Å². The van der Waals surface area contributed by atoms with E-state index in [-0.39, 0.29) is 6.09 Å². The Balaban J connectivity index is 1.86. The number of halogens is 1. The Hall–Kier alpha value is -1.56. The number of hydrogen-bond acceptors (Lipinski definition) is 3. The lowest BCUT2D eigenvalue weighted by Gasteiger charge is -2.30. The van der Waals surface area contributed by atoms with Crippen LogP contribution in [0.1, 0.15) is 26.6 Å². The van der Waals surface area contributed by atoms with Crippen LogP contribution < -0.4 is 0 Å². The van der Waals surface area contributed by atoms with Crippen molar-refractivity contribution >= 4 is 33.1 Å². The normalized spacial score (nSPS) is 15.1. The van der Waals surface area contributed by atoms with E-state index in [0.717, 1.165) is 27.9 Å². The molecule has 2 aromatic rings. The molecule has 0 spiro atoms. The van der Waals surface area contributed by atoms with E-state index in [1.807, 2.05) is 32.9 Å². The molecule has 1 aliphatic rings. The van der Waals surface area contributed by atoms with Crippen LogP contribution in [-0.4, -0.2) is 32.7 Å². The maximum absolute atomic E-state index is 12.2. The number of aromatic nitrogens is 2. The van der Waals surface area contributed by atoms with Crippen molar-refractivity contribution < 1.29 is 9.53 Å². The summed E-state index contributed by atoms with van der Waals surface area (Å²) in [5, 5.41) is 0. The third kappa shape index (κ3) is 2.90. The van der Waals surface area contributed by atoms with Crippen LogP contribution in [0.25, 0.3) is 11.0 Å². The van der Waals surface area contributed by atoms with Crippen LogP contribution in [0.2, 0.25) is 0 Å². The van der Waals surface area contributed by atoms with Gasteiger partial charge in [-0.25, -0.2) is 9.78 Å². The van der Waals surface area contributed by atoms with Gasteiger partial charge in [0.2, 0.25) is 0 Å². The van der Waals surface area contributed by atoms with E-state index in [4.69, 9.17) is 4.74 Å². The van der Waals surface area contributed by atoms with E-state index in [2.05, 4.69) is 31.5 Å². The first kappa shape index (κ1) is 14.4. The number of hydrogen-bond donors (Lipinski definition) is 0. The lowest BCUT2D eigenvalue weighted by Crippen LogP contribution is -2.41. The third-order valence-electron chi connectivity index (χ3n) is 3.37. The van der Waals surface area contributed by atoms with Gasteiger partial charge in [-0.05, 0) is 39.0 Å². The van der Waals surface area contributed by atoms with Gasteiger partial charge in [0.25, 0.3) is 0 Å². The highest BCUT2D eigenvalue weighted by molar-refractivity contribution is 9.10. The second-order valence-electron chi connectivity index (χ2n) is 6.21. The summed E-state index contributed by atoms with van der Waals surface area (Å²) < 4.78 is 8.61. The summed E-state index contributed by atoms with van der Waals surface area (Å²) in [4.78, 5) is 18.5. The Bertz CT molecular complexity index is 703. The summed E-state index contributed by atoms with van der Waals surface area (Å²) in [6.45, 7) is 7.50. The fourth-order valence-corrected chi connectivity index (χ4v) is 2.82. The van der Waals surface area contributed by atoms with Crippen molar-refractivity contribution in [2.75, 3.05) is 6.54 Å². The zero-order chi connectivity index (χ0) is 15.2. The fourth-order valence-electron chi connectivity index (χ4n) is 2.48. The molecular weight excluding hydrogens is 334 g/mol. The minimum Gasteiger partial charge on any atom is -0.444 e. The molecule has 1 aromatic heterocycles. The quantitative estimate of drug-likeness (QED) is 0.729. The maximum atomic E-state index is 12.2. The van der Waals surface area contributed by atoms with Gasteiger partial charge in [0.15, 0.2) is 0 Å². The van der Waals surface area contributed by atoms with Crippen molar-refractivity contribution in [3.8, 4) is 0 Å². The molecule has 0 fully saturated rings. The molecule has 0 radical (unpaired) electrons. The van der Waals surface area contributed by atoms with Crippen LogP contribution in [0.3, 0.4) is 0 Å². The van der Waals surface area contributed by atoms with Gasteiger partial charge in [0, 0.05) is 17.6 Å². The van der Waals surface area contributed by atoms with Gasteiger partial charge < -0.3 is 9.30 Å². The molecule has 2 heterocycles. The third-order valence-corrected chi connectivity index (χ3v) is 3.86. The SMILES string of the molecule is CC(C)(C)OC(=O)N1CCn2c(nc3cc(Br)ccc32)C1. The van der Waals surface area contributed by atoms with Crippen molar-refractivity contribution in [2.24, 2.45) is 0 Å². The van der Waals surface area contributed by atoms with E-state index < -0.39 is 5.60 Å². The highest BCUT2D eigenvalue weighted by atomic mass is 79.9. The van der Waals surface area contributed by atoms with Crippen LogP contribution in [0.4, 0.5) is 4.79 Å². The minimum absolute atomic E-state index is 0.276. The number of ether oxygens (including phenoxy) is 1. The van der Waals surface area contributed by atoms with Gasteiger partial charge in [-0.1, -0.05) is 15.9 Å². The van der Waals surface area contributed by atoms with Gasteiger partial charge in [0.1, 0.15) is 11.4 Å². The zero-order valence-electron chi connectivity index (χ0n) is 12.4. The molecule has 1 amide bonds. The Kier molecular flexibility index (Phi) is 3.43. The smallest absolute Gasteiger partial charge is 0.410 e. The van der Waals surface area contributed by atoms with Crippen LogP contribution in [0, 0.1) is 0 Å². The average Bonchev–Trinajstić information content (AvgIpc) is 2.72. The predicted molar refractivity (Wildman–Crippen MR) is 84.1 cm³/mol. The van der Waals surface area contributed by atoms with Gasteiger partial charge >= 0.3 is 6.09 Å². The topological polar surface area (TPSA) is 47.4 Å². The summed E-state index contributed by atoms with van der Waals surface area (Å²) in [6.07, 6.45) is -0.276. The number of benzene rings is 1. The summed E-state index contributed by atoms with van der Waals surface area (Å²) >= 11 is 3.46.